The van der Waals surface area contributed by atoms with Crippen LogP contribution in [0.15, 0.2) is 29.6 Å². The van der Waals surface area contributed by atoms with E-state index in [1.54, 1.807) is 17.4 Å². The maximum Gasteiger partial charge on any atom is 0.140 e. The standard InChI is InChI=1S/C15H16Cl2N2OS/c16-11-4-3-10(15(20)13(11)17)14(12-2-1-9-21-12)19-7-5-18-6-8-19/h1-4,9,14,18,20H,5-8H2/t14-/m0/s1. The molecule has 2 N–H and O–H groups in total. The highest BCUT2D eigenvalue weighted by Crippen LogP contribution is 2.42. The number of nitrogens with zero attached hydrogens (tertiary/aromatic N) is 1. The molecule has 2 heterocycles. The molecule has 0 saturated carbocycles. The van der Waals surface area contributed by atoms with Crippen molar-refractivity contribution in [3.05, 3.63) is 50.1 Å². The summed E-state index contributed by atoms with van der Waals surface area (Å²) in [6.45, 7) is 3.76. The van der Waals surface area contributed by atoms with E-state index in [4.69, 9.17) is 23.2 Å². The van der Waals surface area contributed by atoms with Crippen LogP contribution in [0.1, 0.15) is 16.5 Å². The van der Waals surface area contributed by atoms with Crippen LogP contribution in [0.4, 0.5) is 0 Å². The minimum absolute atomic E-state index is 0.0156. The van der Waals surface area contributed by atoms with Gasteiger partial charge in [-0.2, -0.15) is 0 Å². The Morgan fingerprint density at radius 1 is 1.19 bits per heavy atom. The highest BCUT2D eigenvalue weighted by Gasteiger charge is 2.28. The van der Waals surface area contributed by atoms with E-state index >= 15 is 0 Å². The molecule has 1 aliphatic rings. The zero-order valence-electron chi connectivity index (χ0n) is 11.4. The minimum atomic E-state index is 0.0156. The highest BCUT2D eigenvalue weighted by molar-refractivity contribution is 7.10. The van der Waals surface area contributed by atoms with Crippen LogP contribution in [-0.4, -0.2) is 36.2 Å². The molecule has 1 aliphatic heterocycles. The molecule has 0 bridgehead atoms. The van der Waals surface area contributed by atoms with Crippen LogP contribution >= 0.6 is 34.5 Å². The van der Waals surface area contributed by atoms with Gasteiger partial charge in [-0.15, -0.1) is 11.3 Å². The van der Waals surface area contributed by atoms with Crippen molar-refractivity contribution in [2.45, 2.75) is 6.04 Å². The molecule has 6 heteroatoms. The van der Waals surface area contributed by atoms with E-state index in [1.807, 2.05) is 12.1 Å². The average molecular weight is 343 g/mol. The van der Waals surface area contributed by atoms with Crippen LogP contribution in [0, 0.1) is 0 Å². The molecule has 0 aliphatic carbocycles. The van der Waals surface area contributed by atoms with E-state index in [2.05, 4.69) is 21.7 Å². The van der Waals surface area contributed by atoms with Crippen LogP contribution in [0.25, 0.3) is 0 Å². The van der Waals surface area contributed by atoms with Gasteiger partial charge in [-0.05, 0) is 17.5 Å². The number of nitrogens with one attached hydrogen (secondary N) is 1. The zero-order chi connectivity index (χ0) is 14.8. The van der Waals surface area contributed by atoms with E-state index < -0.39 is 0 Å². The molecule has 1 saturated heterocycles. The van der Waals surface area contributed by atoms with E-state index in [1.165, 1.54) is 4.88 Å². The van der Waals surface area contributed by atoms with Gasteiger partial charge >= 0.3 is 0 Å². The number of benzene rings is 1. The summed E-state index contributed by atoms with van der Waals surface area (Å²) in [6.07, 6.45) is 0. The van der Waals surface area contributed by atoms with Gasteiger partial charge in [-0.3, -0.25) is 4.90 Å². The fourth-order valence-corrected chi connectivity index (χ4v) is 3.89. The molecular formula is C15H16Cl2N2OS. The second kappa shape index (κ2) is 6.55. The summed E-state index contributed by atoms with van der Waals surface area (Å²) in [4.78, 5) is 3.56. The lowest BCUT2D eigenvalue weighted by Gasteiger charge is -2.35. The predicted octanol–water partition coefficient (Wildman–Crippen LogP) is 3.76. The molecule has 1 fully saturated rings. The van der Waals surface area contributed by atoms with Gasteiger partial charge in [-0.25, -0.2) is 0 Å². The number of hydrogen-bond donors (Lipinski definition) is 2. The minimum Gasteiger partial charge on any atom is -0.506 e. The summed E-state index contributed by atoms with van der Waals surface area (Å²) >= 11 is 13.8. The Kier molecular flexibility index (Phi) is 4.72. The lowest BCUT2D eigenvalue weighted by molar-refractivity contribution is 0.198. The number of thiophene rings is 1. The van der Waals surface area contributed by atoms with Gasteiger partial charge in [-0.1, -0.05) is 35.3 Å². The van der Waals surface area contributed by atoms with E-state index in [0.717, 1.165) is 31.7 Å². The molecule has 21 heavy (non-hydrogen) atoms. The van der Waals surface area contributed by atoms with Crippen LogP contribution in [-0.2, 0) is 0 Å². The van der Waals surface area contributed by atoms with E-state index in [0.29, 0.717) is 5.02 Å². The SMILES string of the molecule is Oc1c([C@@H](c2cccs2)N2CCNCC2)ccc(Cl)c1Cl. The maximum absolute atomic E-state index is 10.4. The highest BCUT2D eigenvalue weighted by atomic mass is 35.5. The van der Waals surface area contributed by atoms with Gasteiger partial charge in [0, 0.05) is 36.6 Å². The largest absolute Gasteiger partial charge is 0.506 e. The van der Waals surface area contributed by atoms with Crippen molar-refractivity contribution in [3.63, 3.8) is 0 Å². The molecule has 3 rings (SSSR count). The summed E-state index contributed by atoms with van der Waals surface area (Å²) < 4.78 is 0. The first-order chi connectivity index (χ1) is 10.2. The van der Waals surface area contributed by atoms with Gasteiger partial charge in [0.1, 0.15) is 10.8 Å². The first-order valence-electron chi connectivity index (χ1n) is 6.83. The van der Waals surface area contributed by atoms with Crippen LogP contribution in [0.3, 0.4) is 0 Å². The topological polar surface area (TPSA) is 35.5 Å². The predicted molar refractivity (Wildman–Crippen MR) is 88.7 cm³/mol. The van der Waals surface area contributed by atoms with Gasteiger partial charge in [0.05, 0.1) is 11.1 Å². The number of phenols is 1. The number of phenolic OH excluding ortho intramolecular Hbond substituents is 1. The number of halogens is 2. The maximum atomic E-state index is 10.4. The number of hydrogen-bond acceptors (Lipinski definition) is 4. The van der Waals surface area contributed by atoms with Gasteiger partial charge in [0.15, 0.2) is 0 Å². The third kappa shape index (κ3) is 3.05. The van der Waals surface area contributed by atoms with E-state index in [-0.39, 0.29) is 16.8 Å². The Bertz CT molecular complexity index is 612. The van der Waals surface area contributed by atoms with E-state index in [9.17, 15) is 5.11 Å². The molecule has 0 amide bonds. The molecule has 0 radical (unpaired) electrons. The van der Waals surface area contributed by atoms with Crippen LogP contribution in [0.5, 0.6) is 5.75 Å². The van der Waals surface area contributed by atoms with Gasteiger partial charge in [0.2, 0.25) is 0 Å². The Morgan fingerprint density at radius 3 is 2.62 bits per heavy atom. The molecule has 112 valence electrons. The smallest absolute Gasteiger partial charge is 0.140 e. The second-order valence-corrected chi connectivity index (χ2v) is 6.77. The summed E-state index contributed by atoms with van der Waals surface area (Å²) in [6, 6.07) is 7.77. The summed E-state index contributed by atoms with van der Waals surface area (Å²) in [7, 11) is 0. The first-order valence-corrected chi connectivity index (χ1v) is 8.47. The normalized spacial score (nSPS) is 17.8. The lowest BCUT2D eigenvalue weighted by Crippen LogP contribution is -2.45. The van der Waals surface area contributed by atoms with Crippen molar-refractivity contribution in [1.82, 2.24) is 10.2 Å². The molecule has 0 spiro atoms. The summed E-state index contributed by atoms with van der Waals surface area (Å²) in [5.74, 6) is 0.0844. The van der Waals surface area contributed by atoms with Crippen LogP contribution in [0.2, 0.25) is 10.0 Å². The average Bonchev–Trinajstić information content (AvgIpc) is 3.03. The molecule has 2 aromatic rings. The first kappa shape index (κ1) is 15.1. The fourth-order valence-electron chi connectivity index (χ4n) is 2.69. The Balaban J connectivity index is 2.05. The Hall–Kier alpha value is -0.780. The Morgan fingerprint density at radius 2 is 1.95 bits per heavy atom. The van der Waals surface area contributed by atoms with Gasteiger partial charge in [0.25, 0.3) is 0 Å². The molecule has 1 atom stereocenters. The number of aromatic hydroxyl groups is 1. The fraction of sp³-hybridized carbons (Fsp3) is 0.333. The zero-order valence-corrected chi connectivity index (χ0v) is 13.7. The van der Waals surface area contributed by atoms with Crippen LogP contribution < -0.4 is 5.32 Å². The molecule has 0 unspecified atom stereocenters. The van der Waals surface area contributed by atoms with Crippen molar-refractivity contribution in [3.8, 4) is 5.75 Å². The number of rotatable bonds is 3. The van der Waals surface area contributed by atoms with Crippen molar-refractivity contribution in [2.75, 3.05) is 26.2 Å². The monoisotopic (exact) mass is 342 g/mol. The molecule has 3 nitrogen and oxygen atoms in total. The molecule has 1 aromatic heterocycles. The molecule has 1 aromatic carbocycles. The van der Waals surface area contributed by atoms with Gasteiger partial charge < -0.3 is 10.4 Å². The molecular weight excluding hydrogens is 327 g/mol. The van der Waals surface area contributed by atoms with Crippen molar-refractivity contribution >= 4 is 34.5 Å². The summed E-state index contributed by atoms with van der Waals surface area (Å²) in [5, 5.41) is 16.4. The van der Waals surface area contributed by atoms with Crippen molar-refractivity contribution in [2.24, 2.45) is 0 Å². The van der Waals surface area contributed by atoms with Crippen molar-refractivity contribution in [1.29, 1.82) is 0 Å². The van der Waals surface area contributed by atoms with Crippen molar-refractivity contribution < 1.29 is 5.11 Å². The quantitative estimate of drug-likeness (QED) is 0.891. The third-order valence-corrected chi connectivity index (χ3v) is 5.44. The number of piperazine rings is 1. The third-order valence-electron chi connectivity index (χ3n) is 3.72. The lowest BCUT2D eigenvalue weighted by atomic mass is 10.0. The second-order valence-electron chi connectivity index (χ2n) is 5.00. The Labute approximate surface area is 138 Å². The summed E-state index contributed by atoms with van der Waals surface area (Å²) in [5.41, 5.74) is 0.814.